The highest BCUT2D eigenvalue weighted by molar-refractivity contribution is 8.00. The van der Waals surface area contributed by atoms with Crippen molar-refractivity contribution in [1.82, 2.24) is 0 Å². The summed E-state index contributed by atoms with van der Waals surface area (Å²) in [4.78, 5) is 3.92. The lowest BCUT2D eigenvalue weighted by atomic mass is 10.2. The predicted molar refractivity (Wildman–Crippen MR) is 72.1 cm³/mol. The van der Waals surface area contributed by atoms with Crippen LogP contribution >= 0.6 is 23.5 Å². The molecule has 0 fully saturated rings. The lowest BCUT2D eigenvalue weighted by Gasteiger charge is -2.20. The zero-order valence-electron chi connectivity index (χ0n) is 8.86. The Bertz CT molecular complexity index is 537. The molecule has 0 spiro atoms. The summed E-state index contributed by atoms with van der Waals surface area (Å²) in [5, 5.41) is 3.46. The fraction of sp³-hybridized carbons (Fsp3) is 0.0769. The summed E-state index contributed by atoms with van der Waals surface area (Å²) in [5.74, 6) is 0. The van der Waals surface area contributed by atoms with Crippen LogP contribution < -0.4 is 5.32 Å². The minimum atomic E-state index is 1.21. The zero-order chi connectivity index (χ0) is 11.0. The van der Waals surface area contributed by atoms with Crippen molar-refractivity contribution in [2.24, 2.45) is 0 Å². The van der Waals surface area contributed by atoms with Gasteiger partial charge in [0.2, 0.25) is 0 Å². The average molecular weight is 245 g/mol. The Balaban J connectivity index is 2.05. The van der Waals surface area contributed by atoms with Gasteiger partial charge in [-0.05, 0) is 36.6 Å². The molecule has 3 heteroatoms. The van der Waals surface area contributed by atoms with E-state index in [1.165, 1.54) is 26.1 Å². The molecule has 0 saturated heterocycles. The number of hydrogen-bond donors (Lipinski definition) is 1. The van der Waals surface area contributed by atoms with Gasteiger partial charge in [0.1, 0.15) is 0 Å². The maximum atomic E-state index is 3.46. The van der Waals surface area contributed by atoms with E-state index in [1.54, 1.807) is 11.8 Å². The van der Waals surface area contributed by atoms with E-state index in [2.05, 4.69) is 54.0 Å². The fourth-order valence-electron chi connectivity index (χ4n) is 1.74. The fourth-order valence-corrected chi connectivity index (χ4v) is 3.28. The third kappa shape index (κ3) is 1.70. The molecule has 1 N–H and O–H groups in total. The molecule has 1 heterocycles. The van der Waals surface area contributed by atoms with Crippen LogP contribution in [0.3, 0.4) is 0 Å². The summed E-state index contributed by atoms with van der Waals surface area (Å²) in [7, 11) is 0. The maximum Gasteiger partial charge on any atom is 0.0527 e. The molecular weight excluding hydrogens is 234 g/mol. The van der Waals surface area contributed by atoms with E-state index < -0.39 is 0 Å². The first-order valence-corrected chi connectivity index (χ1v) is 7.13. The first-order valence-electron chi connectivity index (χ1n) is 5.09. The van der Waals surface area contributed by atoms with Crippen molar-refractivity contribution in [3.8, 4) is 0 Å². The lowest BCUT2D eigenvalue weighted by molar-refractivity contribution is 1.27. The number of thioether (sulfide) groups is 1. The van der Waals surface area contributed by atoms with Crippen LogP contribution in [0.4, 0.5) is 11.4 Å². The summed E-state index contributed by atoms with van der Waals surface area (Å²) in [6.45, 7) is 0. The van der Waals surface area contributed by atoms with E-state index in [0.29, 0.717) is 0 Å². The Hall–Kier alpha value is -1.06. The van der Waals surface area contributed by atoms with Crippen LogP contribution in [0.5, 0.6) is 0 Å². The lowest BCUT2D eigenvalue weighted by Crippen LogP contribution is -1.99. The molecule has 0 aromatic heterocycles. The summed E-state index contributed by atoms with van der Waals surface area (Å²) >= 11 is 3.62. The van der Waals surface area contributed by atoms with E-state index in [9.17, 15) is 0 Å². The van der Waals surface area contributed by atoms with Crippen LogP contribution in [0.15, 0.2) is 57.2 Å². The smallest absolute Gasteiger partial charge is 0.0527 e. The summed E-state index contributed by atoms with van der Waals surface area (Å²) < 4.78 is 0. The SMILES string of the molecule is CSc1ccc2c(c1)Sc1ccccc1N2. The summed E-state index contributed by atoms with van der Waals surface area (Å²) in [5.41, 5.74) is 2.42. The van der Waals surface area contributed by atoms with Crippen molar-refractivity contribution in [2.75, 3.05) is 11.6 Å². The molecule has 0 saturated carbocycles. The molecule has 0 radical (unpaired) electrons. The van der Waals surface area contributed by atoms with Crippen molar-refractivity contribution in [2.45, 2.75) is 14.7 Å². The number of para-hydroxylation sites is 1. The van der Waals surface area contributed by atoms with Crippen LogP contribution in [0, 0.1) is 0 Å². The molecule has 1 nitrogen and oxygen atoms in total. The van der Waals surface area contributed by atoms with E-state index in [1.807, 2.05) is 11.8 Å². The van der Waals surface area contributed by atoms with Crippen LogP contribution in [0.25, 0.3) is 0 Å². The molecule has 3 rings (SSSR count). The van der Waals surface area contributed by atoms with Gasteiger partial charge in [0, 0.05) is 14.7 Å². The monoisotopic (exact) mass is 245 g/mol. The van der Waals surface area contributed by atoms with Gasteiger partial charge < -0.3 is 5.32 Å². The van der Waals surface area contributed by atoms with Crippen LogP contribution in [0.2, 0.25) is 0 Å². The third-order valence-corrected chi connectivity index (χ3v) is 4.42. The van der Waals surface area contributed by atoms with Crippen LogP contribution in [-0.4, -0.2) is 6.26 Å². The predicted octanol–water partition coefficient (Wildman–Crippen LogP) is 4.62. The summed E-state index contributed by atoms with van der Waals surface area (Å²) in [6.07, 6.45) is 2.11. The Kier molecular flexibility index (Phi) is 2.58. The molecule has 1 aliphatic rings. The second-order valence-electron chi connectivity index (χ2n) is 3.59. The van der Waals surface area contributed by atoms with Gasteiger partial charge in [-0.15, -0.1) is 11.8 Å². The van der Waals surface area contributed by atoms with Gasteiger partial charge in [0.15, 0.2) is 0 Å². The number of nitrogens with one attached hydrogen (secondary N) is 1. The van der Waals surface area contributed by atoms with Crippen molar-refractivity contribution < 1.29 is 0 Å². The third-order valence-electron chi connectivity index (χ3n) is 2.57. The summed E-state index contributed by atoms with van der Waals surface area (Å²) in [6, 6.07) is 15.0. The minimum Gasteiger partial charge on any atom is -0.354 e. The number of fused-ring (bicyclic) bond motifs is 2. The van der Waals surface area contributed by atoms with Gasteiger partial charge in [-0.2, -0.15) is 0 Å². The zero-order valence-corrected chi connectivity index (χ0v) is 10.5. The highest BCUT2D eigenvalue weighted by Crippen LogP contribution is 2.44. The molecule has 0 atom stereocenters. The van der Waals surface area contributed by atoms with Crippen LogP contribution in [-0.2, 0) is 0 Å². The molecular formula is C13H11NS2. The van der Waals surface area contributed by atoms with E-state index >= 15 is 0 Å². The first-order chi connectivity index (χ1) is 7.86. The first kappa shape index (κ1) is 10.1. The highest BCUT2D eigenvalue weighted by atomic mass is 32.2. The van der Waals surface area contributed by atoms with Gasteiger partial charge in [0.25, 0.3) is 0 Å². The van der Waals surface area contributed by atoms with Gasteiger partial charge in [-0.1, -0.05) is 23.9 Å². The standard InChI is InChI=1S/C13H11NS2/c1-15-9-6-7-11-13(8-9)16-12-5-3-2-4-10(12)14-11/h2-8,14H,1H3. The molecule has 0 unspecified atom stereocenters. The van der Waals surface area contributed by atoms with Crippen molar-refractivity contribution >= 4 is 34.9 Å². The Morgan fingerprint density at radius 1 is 1.00 bits per heavy atom. The minimum absolute atomic E-state index is 1.21. The molecule has 2 aromatic carbocycles. The molecule has 0 bridgehead atoms. The van der Waals surface area contributed by atoms with Gasteiger partial charge in [0.05, 0.1) is 11.4 Å². The molecule has 80 valence electrons. The van der Waals surface area contributed by atoms with E-state index in [4.69, 9.17) is 0 Å². The highest BCUT2D eigenvalue weighted by Gasteiger charge is 2.14. The molecule has 1 aliphatic heterocycles. The van der Waals surface area contributed by atoms with Crippen molar-refractivity contribution in [3.63, 3.8) is 0 Å². The van der Waals surface area contributed by atoms with Gasteiger partial charge >= 0.3 is 0 Å². The Morgan fingerprint density at radius 3 is 2.69 bits per heavy atom. The number of rotatable bonds is 1. The largest absolute Gasteiger partial charge is 0.354 e. The second-order valence-corrected chi connectivity index (χ2v) is 5.55. The topological polar surface area (TPSA) is 12.0 Å². The van der Waals surface area contributed by atoms with Gasteiger partial charge in [-0.25, -0.2) is 0 Å². The second kappa shape index (κ2) is 4.07. The number of anilines is 2. The number of hydrogen-bond acceptors (Lipinski definition) is 3. The van der Waals surface area contributed by atoms with Crippen molar-refractivity contribution in [3.05, 3.63) is 42.5 Å². The normalized spacial score (nSPS) is 12.6. The maximum absolute atomic E-state index is 3.46. The molecule has 2 aromatic rings. The molecule has 0 aliphatic carbocycles. The Labute approximate surface area is 104 Å². The average Bonchev–Trinajstić information content (AvgIpc) is 2.35. The number of benzene rings is 2. The van der Waals surface area contributed by atoms with Gasteiger partial charge in [-0.3, -0.25) is 0 Å². The quantitative estimate of drug-likeness (QED) is 0.628. The van der Waals surface area contributed by atoms with Crippen LogP contribution in [0.1, 0.15) is 0 Å². The van der Waals surface area contributed by atoms with E-state index in [-0.39, 0.29) is 0 Å². The Morgan fingerprint density at radius 2 is 1.81 bits per heavy atom. The van der Waals surface area contributed by atoms with E-state index in [0.717, 1.165) is 0 Å². The molecule has 0 amide bonds. The van der Waals surface area contributed by atoms with Crippen molar-refractivity contribution in [1.29, 1.82) is 0 Å². The molecule has 16 heavy (non-hydrogen) atoms.